The van der Waals surface area contributed by atoms with Crippen LogP contribution in [0.1, 0.15) is 29.8 Å². The van der Waals surface area contributed by atoms with E-state index in [9.17, 15) is 0 Å². The minimum atomic E-state index is 0.0900. The smallest absolute Gasteiger partial charge is 0.122 e. The van der Waals surface area contributed by atoms with Gasteiger partial charge in [-0.25, -0.2) is 0 Å². The zero-order valence-corrected chi connectivity index (χ0v) is 8.47. The molecule has 0 N–H and O–H groups in total. The van der Waals surface area contributed by atoms with Crippen molar-refractivity contribution in [2.45, 2.75) is 25.1 Å². The minimum Gasteiger partial charge on any atom is -0.493 e. The standard InChI is InChI=1S/C11H13ClO/c1-8(12)9-4-5-11-10(7-9)3-2-6-13-11/h4-5,7-8H,2-3,6H2,1H3. The van der Waals surface area contributed by atoms with E-state index in [1.54, 1.807) is 0 Å². The molecule has 0 saturated heterocycles. The van der Waals surface area contributed by atoms with Crippen LogP contribution < -0.4 is 4.74 Å². The summed E-state index contributed by atoms with van der Waals surface area (Å²) in [7, 11) is 0. The Labute approximate surface area is 83.7 Å². The van der Waals surface area contributed by atoms with Gasteiger partial charge in [0, 0.05) is 0 Å². The molecule has 1 aliphatic heterocycles. The number of benzene rings is 1. The van der Waals surface area contributed by atoms with E-state index in [1.807, 2.05) is 19.1 Å². The fraction of sp³-hybridized carbons (Fsp3) is 0.455. The molecule has 0 bridgehead atoms. The third kappa shape index (κ3) is 1.80. The highest BCUT2D eigenvalue weighted by molar-refractivity contribution is 6.20. The van der Waals surface area contributed by atoms with Gasteiger partial charge in [0.1, 0.15) is 5.75 Å². The Morgan fingerprint density at radius 1 is 1.46 bits per heavy atom. The first-order chi connectivity index (χ1) is 6.27. The molecular weight excluding hydrogens is 184 g/mol. The molecule has 2 rings (SSSR count). The van der Waals surface area contributed by atoms with Crippen LogP contribution in [0, 0.1) is 0 Å². The van der Waals surface area contributed by atoms with Crippen LogP contribution in [0.3, 0.4) is 0 Å². The Morgan fingerprint density at radius 3 is 3.08 bits per heavy atom. The molecule has 13 heavy (non-hydrogen) atoms. The second-order valence-electron chi connectivity index (χ2n) is 3.44. The summed E-state index contributed by atoms with van der Waals surface area (Å²) in [4.78, 5) is 0. The Morgan fingerprint density at radius 2 is 2.31 bits per heavy atom. The van der Waals surface area contributed by atoms with Crippen molar-refractivity contribution < 1.29 is 4.74 Å². The summed E-state index contributed by atoms with van der Waals surface area (Å²) in [5.74, 6) is 1.03. The monoisotopic (exact) mass is 196 g/mol. The number of alkyl halides is 1. The Hall–Kier alpha value is -0.690. The van der Waals surface area contributed by atoms with Crippen molar-refractivity contribution in [2.75, 3.05) is 6.61 Å². The third-order valence-electron chi connectivity index (χ3n) is 2.39. The predicted octanol–water partition coefficient (Wildman–Crippen LogP) is 3.31. The zero-order valence-electron chi connectivity index (χ0n) is 7.72. The molecule has 2 heteroatoms. The lowest BCUT2D eigenvalue weighted by Gasteiger charge is -2.18. The average Bonchev–Trinajstić information content (AvgIpc) is 2.17. The van der Waals surface area contributed by atoms with Crippen LogP contribution in [-0.4, -0.2) is 6.61 Å². The molecular formula is C11H13ClO. The highest BCUT2D eigenvalue weighted by Crippen LogP contribution is 2.29. The Kier molecular flexibility index (Phi) is 2.45. The first-order valence-electron chi connectivity index (χ1n) is 4.67. The van der Waals surface area contributed by atoms with Gasteiger partial charge in [-0.15, -0.1) is 11.6 Å². The van der Waals surface area contributed by atoms with Crippen LogP contribution in [0.15, 0.2) is 18.2 Å². The van der Waals surface area contributed by atoms with Crippen LogP contribution in [-0.2, 0) is 6.42 Å². The van der Waals surface area contributed by atoms with Gasteiger partial charge in [0.15, 0.2) is 0 Å². The summed E-state index contributed by atoms with van der Waals surface area (Å²) in [6.45, 7) is 2.84. The second kappa shape index (κ2) is 3.59. The molecule has 0 saturated carbocycles. The predicted molar refractivity (Wildman–Crippen MR) is 54.5 cm³/mol. The van der Waals surface area contributed by atoms with Crippen molar-refractivity contribution in [3.63, 3.8) is 0 Å². The van der Waals surface area contributed by atoms with Gasteiger partial charge in [-0.3, -0.25) is 0 Å². The number of hydrogen-bond acceptors (Lipinski definition) is 1. The van der Waals surface area contributed by atoms with Gasteiger partial charge in [-0.2, -0.15) is 0 Å². The van der Waals surface area contributed by atoms with Gasteiger partial charge >= 0.3 is 0 Å². The highest BCUT2D eigenvalue weighted by Gasteiger charge is 2.11. The summed E-state index contributed by atoms with van der Waals surface area (Å²) in [6.07, 6.45) is 2.24. The van der Waals surface area contributed by atoms with Crippen LogP contribution in [0.2, 0.25) is 0 Å². The molecule has 0 aliphatic carbocycles. The molecule has 0 radical (unpaired) electrons. The van der Waals surface area contributed by atoms with Gasteiger partial charge in [-0.05, 0) is 37.0 Å². The maximum Gasteiger partial charge on any atom is 0.122 e. The van der Waals surface area contributed by atoms with Gasteiger partial charge in [-0.1, -0.05) is 12.1 Å². The normalized spacial score (nSPS) is 17.4. The number of aryl methyl sites for hydroxylation is 1. The Balaban J connectivity index is 2.35. The van der Waals surface area contributed by atoms with E-state index in [2.05, 4.69) is 6.07 Å². The fourth-order valence-corrected chi connectivity index (χ4v) is 1.76. The summed E-state index contributed by atoms with van der Waals surface area (Å²) >= 11 is 6.00. The number of rotatable bonds is 1. The second-order valence-corrected chi connectivity index (χ2v) is 4.09. The van der Waals surface area contributed by atoms with E-state index >= 15 is 0 Å². The lowest BCUT2D eigenvalue weighted by atomic mass is 10.0. The fourth-order valence-electron chi connectivity index (χ4n) is 1.63. The highest BCUT2D eigenvalue weighted by atomic mass is 35.5. The zero-order chi connectivity index (χ0) is 9.26. The van der Waals surface area contributed by atoms with Crippen molar-refractivity contribution in [3.8, 4) is 5.75 Å². The van der Waals surface area contributed by atoms with E-state index in [4.69, 9.17) is 16.3 Å². The van der Waals surface area contributed by atoms with Crippen molar-refractivity contribution in [2.24, 2.45) is 0 Å². The molecule has 1 aromatic rings. The first kappa shape index (κ1) is 8.89. The number of halogens is 1. The molecule has 70 valence electrons. The minimum absolute atomic E-state index is 0.0900. The van der Waals surface area contributed by atoms with E-state index in [1.165, 1.54) is 11.1 Å². The topological polar surface area (TPSA) is 9.23 Å². The van der Waals surface area contributed by atoms with E-state index < -0.39 is 0 Å². The molecule has 0 fully saturated rings. The number of fused-ring (bicyclic) bond motifs is 1. The molecule has 1 aliphatic rings. The summed E-state index contributed by atoms with van der Waals surface area (Å²) in [5.41, 5.74) is 2.49. The maximum absolute atomic E-state index is 6.00. The first-order valence-corrected chi connectivity index (χ1v) is 5.11. The third-order valence-corrected chi connectivity index (χ3v) is 2.64. The molecule has 1 heterocycles. The Bertz CT molecular complexity index is 307. The van der Waals surface area contributed by atoms with Crippen LogP contribution >= 0.6 is 11.6 Å². The lowest BCUT2D eigenvalue weighted by Crippen LogP contribution is -2.08. The van der Waals surface area contributed by atoms with Crippen LogP contribution in [0.5, 0.6) is 5.75 Å². The van der Waals surface area contributed by atoms with Crippen molar-refractivity contribution in [1.82, 2.24) is 0 Å². The number of ether oxygens (including phenoxy) is 1. The molecule has 1 unspecified atom stereocenters. The van der Waals surface area contributed by atoms with Gasteiger partial charge in [0.2, 0.25) is 0 Å². The molecule has 0 aromatic heterocycles. The van der Waals surface area contributed by atoms with Crippen molar-refractivity contribution in [3.05, 3.63) is 29.3 Å². The van der Waals surface area contributed by atoms with Crippen LogP contribution in [0.4, 0.5) is 0 Å². The average molecular weight is 197 g/mol. The van der Waals surface area contributed by atoms with Crippen LogP contribution in [0.25, 0.3) is 0 Å². The van der Waals surface area contributed by atoms with Gasteiger partial charge < -0.3 is 4.74 Å². The number of hydrogen-bond donors (Lipinski definition) is 0. The molecule has 0 spiro atoms. The van der Waals surface area contributed by atoms with Gasteiger partial charge in [0.25, 0.3) is 0 Å². The van der Waals surface area contributed by atoms with E-state index in [0.29, 0.717) is 0 Å². The van der Waals surface area contributed by atoms with E-state index in [-0.39, 0.29) is 5.38 Å². The molecule has 1 nitrogen and oxygen atoms in total. The van der Waals surface area contributed by atoms with Crippen molar-refractivity contribution in [1.29, 1.82) is 0 Å². The molecule has 1 atom stereocenters. The quantitative estimate of drug-likeness (QED) is 0.627. The SMILES string of the molecule is CC(Cl)c1ccc2c(c1)CCCO2. The maximum atomic E-state index is 6.00. The summed E-state index contributed by atoms with van der Waals surface area (Å²) < 4.78 is 5.52. The molecule has 0 amide bonds. The lowest BCUT2D eigenvalue weighted by molar-refractivity contribution is 0.288. The van der Waals surface area contributed by atoms with Crippen molar-refractivity contribution >= 4 is 11.6 Å². The summed E-state index contributed by atoms with van der Waals surface area (Å²) in [5, 5.41) is 0.0900. The molecule has 1 aromatic carbocycles. The van der Waals surface area contributed by atoms with Gasteiger partial charge in [0.05, 0.1) is 12.0 Å². The summed E-state index contributed by atoms with van der Waals surface area (Å²) in [6, 6.07) is 6.23. The van der Waals surface area contributed by atoms with E-state index in [0.717, 1.165) is 25.2 Å². The largest absolute Gasteiger partial charge is 0.493 e.